The van der Waals surface area contributed by atoms with Crippen molar-refractivity contribution in [2.24, 2.45) is 0 Å². The topological polar surface area (TPSA) is 30.5 Å². The van der Waals surface area contributed by atoms with Crippen molar-refractivity contribution < 1.29 is 9.57 Å². The molecule has 1 aromatic carbocycles. The Morgan fingerprint density at radius 2 is 2.23 bits per heavy atom. The summed E-state index contributed by atoms with van der Waals surface area (Å²) in [6.07, 6.45) is 0. The maximum absolute atomic E-state index is 5.36. The van der Waals surface area contributed by atoms with Crippen molar-refractivity contribution in [2.45, 2.75) is 13.5 Å². The molecule has 13 heavy (non-hydrogen) atoms. The zero-order chi connectivity index (χ0) is 9.52. The van der Waals surface area contributed by atoms with E-state index in [9.17, 15) is 0 Å². The van der Waals surface area contributed by atoms with Gasteiger partial charge >= 0.3 is 0 Å². The predicted molar refractivity (Wildman–Crippen MR) is 51.5 cm³/mol. The lowest BCUT2D eigenvalue weighted by Gasteiger charge is -2.05. The lowest BCUT2D eigenvalue weighted by atomic mass is 10.2. The van der Waals surface area contributed by atoms with Crippen LogP contribution < -0.4 is 10.2 Å². The zero-order valence-corrected chi connectivity index (χ0v) is 8.04. The summed E-state index contributed by atoms with van der Waals surface area (Å²) in [4.78, 5) is 4.75. The molecule has 0 saturated heterocycles. The van der Waals surface area contributed by atoms with Crippen molar-refractivity contribution in [1.82, 2.24) is 5.48 Å². The summed E-state index contributed by atoms with van der Waals surface area (Å²) in [5, 5.41) is 0. The molecule has 3 nitrogen and oxygen atoms in total. The summed E-state index contributed by atoms with van der Waals surface area (Å²) < 4.78 is 5.36. The third-order valence-corrected chi connectivity index (χ3v) is 1.63. The summed E-state index contributed by atoms with van der Waals surface area (Å²) in [5.41, 5.74) is 3.92. The van der Waals surface area contributed by atoms with Gasteiger partial charge in [0, 0.05) is 6.54 Å². The Bertz CT molecular complexity index is 250. The van der Waals surface area contributed by atoms with Crippen molar-refractivity contribution in [1.29, 1.82) is 0 Å². The Hall–Kier alpha value is -1.06. The molecule has 0 aromatic heterocycles. The molecule has 0 aliphatic rings. The van der Waals surface area contributed by atoms with Crippen LogP contribution in [0, 0.1) is 0 Å². The van der Waals surface area contributed by atoms with Crippen LogP contribution in [-0.2, 0) is 11.4 Å². The molecule has 0 amide bonds. The normalized spacial score (nSPS) is 10.0. The second kappa shape index (κ2) is 5.56. The number of benzene rings is 1. The predicted octanol–water partition coefficient (Wildman–Crippen LogP) is 1.74. The summed E-state index contributed by atoms with van der Waals surface area (Å²) >= 11 is 0. The van der Waals surface area contributed by atoms with Gasteiger partial charge in [-0.3, -0.25) is 0 Å². The molecule has 0 aliphatic heterocycles. The first-order chi connectivity index (χ1) is 6.36. The lowest BCUT2D eigenvalue weighted by Crippen LogP contribution is -2.10. The zero-order valence-electron chi connectivity index (χ0n) is 8.04. The highest BCUT2D eigenvalue weighted by atomic mass is 16.6. The van der Waals surface area contributed by atoms with Crippen LogP contribution >= 0.6 is 0 Å². The molecule has 1 rings (SSSR count). The van der Waals surface area contributed by atoms with Gasteiger partial charge in [-0.2, -0.15) is 5.48 Å². The summed E-state index contributed by atoms with van der Waals surface area (Å²) in [5.74, 6) is 0.901. The van der Waals surface area contributed by atoms with E-state index in [1.165, 1.54) is 0 Å². The number of hydrogen-bond acceptors (Lipinski definition) is 3. The fourth-order valence-electron chi connectivity index (χ4n) is 1.07. The van der Waals surface area contributed by atoms with Crippen molar-refractivity contribution in [3.63, 3.8) is 0 Å². The number of rotatable bonds is 5. The summed E-state index contributed by atoms with van der Waals surface area (Å²) in [6.45, 7) is 3.36. The van der Waals surface area contributed by atoms with Crippen LogP contribution in [0.25, 0.3) is 0 Å². The van der Waals surface area contributed by atoms with E-state index in [1.807, 2.05) is 31.2 Å². The molecular formula is C10H15NO2. The average molecular weight is 181 g/mol. The monoisotopic (exact) mass is 181 g/mol. The summed E-state index contributed by atoms with van der Waals surface area (Å²) in [7, 11) is 1.60. The third-order valence-electron chi connectivity index (χ3n) is 1.63. The molecule has 1 aromatic rings. The standard InChI is InChI=1S/C10H15NO2/c1-3-13-10-6-4-5-9(7-10)8-11-12-2/h4-7,11H,3,8H2,1-2H3. The Morgan fingerprint density at radius 3 is 2.92 bits per heavy atom. The van der Waals surface area contributed by atoms with E-state index in [-0.39, 0.29) is 0 Å². The smallest absolute Gasteiger partial charge is 0.119 e. The molecule has 1 N–H and O–H groups in total. The molecule has 0 bridgehead atoms. The fourth-order valence-corrected chi connectivity index (χ4v) is 1.07. The molecular weight excluding hydrogens is 166 g/mol. The Morgan fingerprint density at radius 1 is 1.38 bits per heavy atom. The van der Waals surface area contributed by atoms with E-state index < -0.39 is 0 Å². The first-order valence-electron chi connectivity index (χ1n) is 4.34. The Balaban J connectivity index is 2.56. The van der Waals surface area contributed by atoms with Gasteiger partial charge in [0.15, 0.2) is 0 Å². The van der Waals surface area contributed by atoms with Gasteiger partial charge in [-0.15, -0.1) is 0 Å². The van der Waals surface area contributed by atoms with Crippen LogP contribution in [0.15, 0.2) is 24.3 Å². The van der Waals surface area contributed by atoms with Gasteiger partial charge < -0.3 is 9.57 Å². The average Bonchev–Trinajstić information content (AvgIpc) is 2.16. The van der Waals surface area contributed by atoms with Crippen molar-refractivity contribution >= 4 is 0 Å². The second-order valence-electron chi connectivity index (χ2n) is 2.61. The first kappa shape index (κ1) is 10.0. The van der Waals surface area contributed by atoms with Gasteiger partial charge in [0.2, 0.25) is 0 Å². The third kappa shape index (κ3) is 3.44. The number of ether oxygens (including phenoxy) is 1. The Kier molecular flexibility index (Phi) is 4.29. The van der Waals surface area contributed by atoms with E-state index in [2.05, 4.69) is 5.48 Å². The molecule has 0 atom stereocenters. The minimum absolute atomic E-state index is 0.692. The second-order valence-corrected chi connectivity index (χ2v) is 2.61. The van der Waals surface area contributed by atoms with E-state index in [0.29, 0.717) is 13.2 Å². The van der Waals surface area contributed by atoms with Gasteiger partial charge in [-0.05, 0) is 24.6 Å². The molecule has 3 heteroatoms. The number of hydrogen-bond donors (Lipinski definition) is 1. The Labute approximate surface area is 78.6 Å². The van der Waals surface area contributed by atoms with Crippen molar-refractivity contribution in [2.75, 3.05) is 13.7 Å². The van der Waals surface area contributed by atoms with Crippen LogP contribution in [0.1, 0.15) is 12.5 Å². The molecule has 0 fully saturated rings. The first-order valence-corrected chi connectivity index (χ1v) is 4.34. The largest absolute Gasteiger partial charge is 0.494 e. The minimum Gasteiger partial charge on any atom is -0.494 e. The molecule has 0 heterocycles. The lowest BCUT2D eigenvalue weighted by molar-refractivity contribution is 0.0866. The molecule has 0 unspecified atom stereocenters. The number of nitrogens with one attached hydrogen (secondary N) is 1. The molecule has 0 radical (unpaired) electrons. The van der Waals surface area contributed by atoms with Crippen LogP contribution in [0.5, 0.6) is 5.75 Å². The van der Waals surface area contributed by atoms with Crippen molar-refractivity contribution in [3.8, 4) is 5.75 Å². The fraction of sp³-hybridized carbons (Fsp3) is 0.400. The van der Waals surface area contributed by atoms with E-state index in [0.717, 1.165) is 11.3 Å². The highest BCUT2D eigenvalue weighted by molar-refractivity contribution is 5.28. The van der Waals surface area contributed by atoms with E-state index >= 15 is 0 Å². The van der Waals surface area contributed by atoms with Crippen LogP contribution in [0.4, 0.5) is 0 Å². The van der Waals surface area contributed by atoms with Gasteiger partial charge in [0.05, 0.1) is 13.7 Å². The van der Waals surface area contributed by atoms with Crippen LogP contribution in [0.2, 0.25) is 0 Å². The SMILES string of the molecule is CCOc1cccc(CNOC)c1. The molecule has 0 spiro atoms. The molecule has 0 saturated carbocycles. The molecule has 72 valence electrons. The summed E-state index contributed by atoms with van der Waals surface area (Å²) in [6, 6.07) is 7.93. The van der Waals surface area contributed by atoms with E-state index in [4.69, 9.17) is 9.57 Å². The van der Waals surface area contributed by atoms with Gasteiger partial charge in [-0.1, -0.05) is 12.1 Å². The van der Waals surface area contributed by atoms with Crippen LogP contribution in [-0.4, -0.2) is 13.7 Å². The van der Waals surface area contributed by atoms with Crippen molar-refractivity contribution in [3.05, 3.63) is 29.8 Å². The maximum Gasteiger partial charge on any atom is 0.119 e. The van der Waals surface area contributed by atoms with E-state index in [1.54, 1.807) is 7.11 Å². The van der Waals surface area contributed by atoms with Gasteiger partial charge in [-0.25, -0.2) is 0 Å². The minimum atomic E-state index is 0.692. The van der Waals surface area contributed by atoms with Gasteiger partial charge in [0.1, 0.15) is 5.75 Å². The van der Waals surface area contributed by atoms with Crippen LogP contribution in [0.3, 0.4) is 0 Å². The maximum atomic E-state index is 5.36. The highest BCUT2D eigenvalue weighted by Gasteiger charge is 1.94. The molecule has 0 aliphatic carbocycles. The number of hydroxylamine groups is 1. The van der Waals surface area contributed by atoms with Gasteiger partial charge in [0.25, 0.3) is 0 Å². The highest BCUT2D eigenvalue weighted by Crippen LogP contribution is 2.12. The quantitative estimate of drug-likeness (QED) is 0.702.